The van der Waals surface area contributed by atoms with Crippen LogP contribution < -0.4 is 67.3 Å². The number of nitrogens with zero attached hydrogens (tertiary/aromatic N) is 1. The van der Waals surface area contributed by atoms with Gasteiger partial charge in [-0.1, -0.05) is 0 Å². The normalized spacial score (nSPS) is 13.8. The third-order valence-corrected chi connectivity index (χ3v) is 2.13. The summed E-state index contributed by atoms with van der Waals surface area (Å²) in [6.07, 6.45) is -1.92. The Morgan fingerprint density at radius 2 is 1.65 bits per heavy atom. The predicted octanol–water partition coefficient (Wildman–Crippen LogP) is -6.78. The van der Waals surface area contributed by atoms with Crippen LogP contribution in [0.5, 0.6) is 0 Å². The van der Waals surface area contributed by atoms with Crippen molar-refractivity contribution in [1.29, 1.82) is 0 Å². The molecule has 0 aromatic carbocycles. The first-order valence-electron chi connectivity index (χ1n) is 5.67. The predicted molar refractivity (Wildman–Crippen MR) is 60.0 cm³/mol. The van der Waals surface area contributed by atoms with Crippen LogP contribution in [0.1, 0.15) is 12.8 Å². The molecule has 0 spiro atoms. The number of ether oxygens (including phenoxy) is 1. The maximum Gasteiger partial charge on any atom is 1.00 e. The van der Waals surface area contributed by atoms with Crippen LogP contribution in [-0.2, 0) is 19.1 Å². The quantitative estimate of drug-likeness (QED) is 0.267. The molecule has 2 atom stereocenters. The number of quaternary nitrogens is 1. The number of carbonyl (C=O) groups excluding carboxylic acids is 3. The average molecular weight is 314 g/mol. The molecule has 8 nitrogen and oxygen atoms in total. The Bertz CT molecular complexity index is 355. The molecule has 0 aromatic rings. The summed E-state index contributed by atoms with van der Waals surface area (Å²) in [5.74, 6) is -3.80. The monoisotopic (exact) mass is 314 g/mol. The minimum atomic E-state index is -1.57. The van der Waals surface area contributed by atoms with E-state index in [1.807, 2.05) is 0 Å². The van der Waals surface area contributed by atoms with E-state index in [4.69, 9.17) is 10.5 Å². The second-order valence-corrected chi connectivity index (χ2v) is 5.29. The van der Waals surface area contributed by atoms with E-state index in [9.17, 15) is 24.6 Å². The van der Waals surface area contributed by atoms with E-state index in [1.54, 1.807) is 21.1 Å². The number of rotatable bonds is 8. The van der Waals surface area contributed by atoms with Gasteiger partial charge in [0, 0.05) is 12.4 Å². The van der Waals surface area contributed by atoms with Gasteiger partial charge in [-0.25, -0.2) is 0 Å². The molecule has 0 rings (SSSR count). The smallest absolute Gasteiger partial charge is 0.550 e. The minimum Gasteiger partial charge on any atom is -0.550 e. The summed E-state index contributed by atoms with van der Waals surface area (Å²) >= 11 is 0. The van der Waals surface area contributed by atoms with Crippen LogP contribution in [0.4, 0.5) is 0 Å². The molecule has 1 unspecified atom stereocenters. The van der Waals surface area contributed by atoms with Gasteiger partial charge in [0.05, 0.1) is 39.6 Å². The third kappa shape index (κ3) is 11.8. The molecule has 0 saturated carbocycles. The van der Waals surface area contributed by atoms with Crippen molar-refractivity contribution < 1.29 is 85.2 Å². The van der Waals surface area contributed by atoms with Crippen molar-refractivity contribution in [2.24, 2.45) is 5.73 Å². The van der Waals surface area contributed by atoms with Gasteiger partial charge in [0.15, 0.2) is 6.10 Å². The topological polar surface area (TPSA) is 133 Å². The van der Waals surface area contributed by atoms with Gasteiger partial charge in [0.2, 0.25) is 0 Å². The van der Waals surface area contributed by atoms with Crippen LogP contribution >= 0.6 is 0 Å². The Hall–Kier alpha value is -0.0336. The summed E-state index contributed by atoms with van der Waals surface area (Å²) in [5, 5.41) is 20.9. The number of aliphatic carboxylic acids is 2. The Kier molecular flexibility index (Phi) is 10.9. The van der Waals surface area contributed by atoms with Crippen molar-refractivity contribution in [3.8, 4) is 0 Å². The van der Waals surface area contributed by atoms with E-state index in [0.29, 0.717) is 4.48 Å². The largest absolute Gasteiger partial charge is 1.00 e. The fourth-order valence-corrected chi connectivity index (χ4v) is 1.44. The summed E-state index contributed by atoms with van der Waals surface area (Å²) < 4.78 is 5.28. The molecule has 20 heavy (non-hydrogen) atoms. The number of nitrogens with two attached hydrogens (primary N) is 1. The molecule has 2 N–H and O–H groups in total. The van der Waals surface area contributed by atoms with Crippen LogP contribution in [0.3, 0.4) is 0 Å². The number of carbonyl (C=O) groups is 3. The van der Waals surface area contributed by atoms with Crippen molar-refractivity contribution in [2.75, 3.05) is 27.7 Å². The Balaban J connectivity index is 0. The summed E-state index contributed by atoms with van der Waals surface area (Å²) in [7, 11) is 5.38. The SMILES string of the molecule is C[N+](C)(C)C[C@@H](CC(=O)[O-])OC(=O)CC(N)C(=O)[O-].[K+]. The van der Waals surface area contributed by atoms with Crippen LogP contribution in [0.25, 0.3) is 0 Å². The Morgan fingerprint density at radius 1 is 1.15 bits per heavy atom. The molecule has 0 heterocycles. The van der Waals surface area contributed by atoms with Gasteiger partial charge in [-0.3, -0.25) is 4.79 Å². The fraction of sp³-hybridized carbons (Fsp3) is 0.727. The van der Waals surface area contributed by atoms with Crippen molar-refractivity contribution in [1.82, 2.24) is 0 Å². The van der Waals surface area contributed by atoms with Crippen LogP contribution in [-0.4, -0.2) is 62.2 Å². The second-order valence-electron chi connectivity index (χ2n) is 5.29. The maximum atomic E-state index is 11.4. The molecule has 0 aliphatic heterocycles. The number of likely N-dealkylation sites (N-methyl/N-ethyl adjacent to an activating group) is 1. The van der Waals surface area contributed by atoms with E-state index in [2.05, 4.69) is 0 Å². The Morgan fingerprint density at radius 3 is 2.00 bits per heavy atom. The maximum absolute atomic E-state index is 11.4. The van der Waals surface area contributed by atoms with Gasteiger partial charge in [0.1, 0.15) is 6.54 Å². The molecule has 0 saturated heterocycles. The molecule has 0 amide bonds. The van der Waals surface area contributed by atoms with Gasteiger partial charge in [-0.15, -0.1) is 0 Å². The van der Waals surface area contributed by atoms with Gasteiger partial charge >= 0.3 is 57.4 Å². The van der Waals surface area contributed by atoms with Gasteiger partial charge in [0.25, 0.3) is 0 Å². The first-order chi connectivity index (χ1) is 8.51. The van der Waals surface area contributed by atoms with Gasteiger partial charge in [-0.2, -0.15) is 0 Å². The summed E-state index contributed by atoms with van der Waals surface area (Å²) in [6, 6.07) is -1.47. The molecule has 110 valence electrons. The number of carboxylic acid groups (broad SMARTS) is 2. The van der Waals surface area contributed by atoms with Crippen LogP contribution in [0, 0.1) is 0 Å². The zero-order valence-corrected chi connectivity index (χ0v) is 15.4. The Labute approximate surface area is 160 Å². The summed E-state index contributed by atoms with van der Waals surface area (Å²) in [4.78, 5) is 32.4. The van der Waals surface area contributed by atoms with E-state index >= 15 is 0 Å². The summed E-state index contributed by atoms with van der Waals surface area (Å²) in [5.41, 5.74) is 5.13. The first kappa shape index (κ1) is 22.3. The van der Waals surface area contributed by atoms with Gasteiger partial charge in [-0.05, 0) is 0 Å². The summed E-state index contributed by atoms with van der Waals surface area (Å²) in [6.45, 7) is 0.250. The van der Waals surface area contributed by atoms with Crippen LogP contribution in [0.2, 0.25) is 0 Å². The first-order valence-corrected chi connectivity index (χ1v) is 5.67. The average Bonchev–Trinajstić information content (AvgIpc) is 2.12. The number of hydrogen-bond donors (Lipinski definition) is 1. The van der Waals surface area contributed by atoms with Gasteiger partial charge < -0.3 is 34.8 Å². The van der Waals surface area contributed by atoms with Crippen molar-refractivity contribution >= 4 is 17.9 Å². The number of carboxylic acids is 2. The molecule has 0 aliphatic carbocycles. The minimum absolute atomic E-state index is 0. The molecule has 9 heteroatoms. The van der Waals surface area contributed by atoms with E-state index < -0.39 is 42.9 Å². The van der Waals surface area contributed by atoms with Crippen molar-refractivity contribution in [3.05, 3.63) is 0 Å². The van der Waals surface area contributed by atoms with E-state index in [-0.39, 0.29) is 57.9 Å². The molecular formula is C11H19KN2O6. The zero-order valence-electron chi connectivity index (χ0n) is 12.3. The number of hydrogen-bond acceptors (Lipinski definition) is 7. The van der Waals surface area contributed by atoms with Crippen molar-refractivity contribution in [2.45, 2.75) is 25.0 Å². The van der Waals surface area contributed by atoms with E-state index in [1.165, 1.54) is 0 Å². The molecular weight excluding hydrogens is 295 g/mol. The number of esters is 1. The fourth-order valence-electron chi connectivity index (χ4n) is 1.44. The van der Waals surface area contributed by atoms with Crippen LogP contribution in [0.15, 0.2) is 0 Å². The van der Waals surface area contributed by atoms with E-state index in [0.717, 1.165) is 0 Å². The van der Waals surface area contributed by atoms with Crippen molar-refractivity contribution in [3.63, 3.8) is 0 Å². The standard InChI is InChI=1S/C11H20N2O6.K/c1-13(2,3)6-7(4-9(14)15)19-10(16)5-8(12)11(17)18;/h7-8H,4-6,12H2,1-3H3,(H-,14,15,17,18);/q;+1/p-1/t7-,8?;/m1./s1. The molecule has 0 bridgehead atoms. The third-order valence-electron chi connectivity index (χ3n) is 2.13. The zero-order chi connectivity index (χ0) is 15.2. The molecule has 0 fully saturated rings. The second kappa shape index (κ2) is 9.82. The molecule has 0 radical (unpaired) electrons. The molecule has 0 aliphatic rings. The molecule has 0 aromatic heterocycles.